The Hall–Kier alpha value is -3.34. The van der Waals surface area contributed by atoms with Gasteiger partial charge in [0.1, 0.15) is 5.75 Å². The first-order valence-corrected chi connectivity index (χ1v) is 14.3. The third kappa shape index (κ3) is 9.20. The van der Waals surface area contributed by atoms with Crippen LogP contribution in [0.3, 0.4) is 0 Å². The maximum Gasteiger partial charge on any atom is 0.311 e. The lowest BCUT2D eigenvalue weighted by atomic mass is 10.00. The number of nitrogens with zero attached hydrogens (tertiary/aromatic N) is 1. The predicted molar refractivity (Wildman–Crippen MR) is 157 cm³/mol. The molecule has 3 rings (SSSR count). The number of hydrogen-bond acceptors (Lipinski definition) is 4. The first kappa shape index (κ1) is 29.2. The maximum atomic E-state index is 11.7. The monoisotopic (exact) mass is 517 g/mol. The van der Waals surface area contributed by atoms with Gasteiger partial charge in [0.15, 0.2) is 5.75 Å². The molecule has 38 heavy (non-hydrogen) atoms. The summed E-state index contributed by atoms with van der Waals surface area (Å²) in [4.78, 5) is 11.3. The van der Waals surface area contributed by atoms with Crippen LogP contribution in [0.2, 0.25) is 0 Å². The molecule has 0 fully saturated rings. The SMILES string of the molecule is CCCCCCCCCCOc1ccc(-c2ccc(-c3ccc(OCC(C)CC)c([N+](=O)[O-])c3)cc2)cc1. The Labute approximate surface area is 228 Å². The van der Waals surface area contributed by atoms with Gasteiger partial charge in [0.05, 0.1) is 18.1 Å². The highest BCUT2D eigenvalue weighted by atomic mass is 16.6. The number of rotatable bonds is 17. The van der Waals surface area contributed by atoms with E-state index in [0.717, 1.165) is 47.5 Å². The molecule has 0 heterocycles. The van der Waals surface area contributed by atoms with Gasteiger partial charge in [-0.25, -0.2) is 0 Å². The molecule has 5 heteroatoms. The van der Waals surface area contributed by atoms with Crippen LogP contribution in [0.15, 0.2) is 66.7 Å². The second kappa shape index (κ2) is 15.8. The molecule has 3 aromatic rings. The normalized spacial score (nSPS) is 11.8. The molecule has 0 spiro atoms. The summed E-state index contributed by atoms with van der Waals surface area (Å²) >= 11 is 0. The Morgan fingerprint density at radius 3 is 1.82 bits per heavy atom. The number of ether oxygens (including phenoxy) is 2. The summed E-state index contributed by atoms with van der Waals surface area (Å²) in [5, 5.41) is 11.7. The van der Waals surface area contributed by atoms with Crippen molar-refractivity contribution in [2.24, 2.45) is 5.92 Å². The van der Waals surface area contributed by atoms with E-state index in [1.807, 2.05) is 42.5 Å². The molecule has 5 nitrogen and oxygen atoms in total. The molecule has 0 saturated heterocycles. The lowest BCUT2D eigenvalue weighted by Gasteiger charge is -2.12. The van der Waals surface area contributed by atoms with Crippen LogP contribution in [0.4, 0.5) is 5.69 Å². The van der Waals surface area contributed by atoms with E-state index >= 15 is 0 Å². The Bertz CT molecular complexity index is 1110. The Balaban J connectivity index is 1.53. The fourth-order valence-corrected chi connectivity index (χ4v) is 4.34. The molecule has 0 saturated carbocycles. The average Bonchev–Trinajstić information content (AvgIpc) is 2.95. The van der Waals surface area contributed by atoms with E-state index in [-0.39, 0.29) is 10.6 Å². The minimum absolute atomic E-state index is 0.00237. The highest BCUT2D eigenvalue weighted by Gasteiger charge is 2.17. The summed E-state index contributed by atoms with van der Waals surface area (Å²) in [5.41, 5.74) is 3.92. The van der Waals surface area contributed by atoms with Crippen LogP contribution in [0, 0.1) is 16.0 Å². The van der Waals surface area contributed by atoms with Crippen molar-refractivity contribution in [2.75, 3.05) is 13.2 Å². The summed E-state index contributed by atoms with van der Waals surface area (Å²) in [5.74, 6) is 1.56. The van der Waals surface area contributed by atoms with Gasteiger partial charge in [-0.3, -0.25) is 10.1 Å². The minimum atomic E-state index is -0.373. The van der Waals surface area contributed by atoms with E-state index in [2.05, 4.69) is 32.9 Å². The summed E-state index contributed by atoms with van der Waals surface area (Å²) in [6.45, 7) is 7.63. The molecule has 204 valence electrons. The van der Waals surface area contributed by atoms with Gasteiger partial charge in [0.25, 0.3) is 0 Å². The summed E-state index contributed by atoms with van der Waals surface area (Å²) < 4.78 is 11.7. The molecule has 0 aliphatic carbocycles. The van der Waals surface area contributed by atoms with Crippen molar-refractivity contribution in [1.29, 1.82) is 0 Å². The summed E-state index contributed by atoms with van der Waals surface area (Å²) in [7, 11) is 0. The van der Waals surface area contributed by atoms with Crippen molar-refractivity contribution in [2.45, 2.75) is 78.6 Å². The molecular weight excluding hydrogens is 474 g/mol. The number of hydrogen-bond donors (Lipinski definition) is 0. The van der Waals surface area contributed by atoms with Crippen molar-refractivity contribution in [3.63, 3.8) is 0 Å². The van der Waals surface area contributed by atoms with Crippen molar-refractivity contribution >= 4 is 5.69 Å². The number of unbranched alkanes of at least 4 members (excludes halogenated alkanes) is 7. The topological polar surface area (TPSA) is 61.6 Å². The quantitative estimate of drug-likeness (QED) is 0.102. The highest BCUT2D eigenvalue weighted by Crippen LogP contribution is 2.34. The zero-order valence-electron chi connectivity index (χ0n) is 23.3. The fraction of sp³-hybridized carbons (Fsp3) is 0.455. The zero-order chi connectivity index (χ0) is 27.2. The first-order chi connectivity index (χ1) is 18.5. The van der Waals surface area contributed by atoms with Gasteiger partial charge in [0, 0.05) is 6.07 Å². The van der Waals surface area contributed by atoms with Crippen LogP contribution in [-0.4, -0.2) is 18.1 Å². The Kier molecular flexibility index (Phi) is 12.2. The van der Waals surface area contributed by atoms with E-state index in [9.17, 15) is 10.1 Å². The van der Waals surface area contributed by atoms with Crippen LogP contribution < -0.4 is 9.47 Å². The van der Waals surface area contributed by atoms with Gasteiger partial charge in [0.2, 0.25) is 0 Å². The Morgan fingerprint density at radius 1 is 0.711 bits per heavy atom. The van der Waals surface area contributed by atoms with E-state index in [1.54, 1.807) is 12.1 Å². The second-order valence-electron chi connectivity index (χ2n) is 10.2. The molecule has 1 unspecified atom stereocenters. The van der Waals surface area contributed by atoms with Crippen molar-refractivity contribution in [3.05, 3.63) is 76.8 Å². The zero-order valence-corrected chi connectivity index (χ0v) is 23.3. The largest absolute Gasteiger partial charge is 0.494 e. The van der Waals surface area contributed by atoms with E-state index in [0.29, 0.717) is 18.3 Å². The van der Waals surface area contributed by atoms with E-state index < -0.39 is 0 Å². The smallest absolute Gasteiger partial charge is 0.311 e. The molecule has 0 aliphatic heterocycles. The molecule has 3 aromatic carbocycles. The molecule has 0 aromatic heterocycles. The third-order valence-electron chi connectivity index (χ3n) is 7.05. The highest BCUT2D eigenvalue weighted by molar-refractivity contribution is 5.73. The molecular formula is C33H43NO4. The van der Waals surface area contributed by atoms with E-state index in [1.165, 1.54) is 44.9 Å². The lowest BCUT2D eigenvalue weighted by molar-refractivity contribution is -0.385. The summed E-state index contributed by atoms with van der Waals surface area (Å²) in [6.07, 6.45) is 11.3. The molecule has 0 radical (unpaired) electrons. The molecule has 1 atom stereocenters. The fourth-order valence-electron chi connectivity index (χ4n) is 4.34. The van der Waals surface area contributed by atoms with Crippen molar-refractivity contribution in [1.82, 2.24) is 0 Å². The van der Waals surface area contributed by atoms with Crippen LogP contribution in [0.25, 0.3) is 22.3 Å². The van der Waals surface area contributed by atoms with Crippen LogP contribution in [0.5, 0.6) is 11.5 Å². The lowest BCUT2D eigenvalue weighted by Crippen LogP contribution is -2.08. The van der Waals surface area contributed by atoms with Crippen LogP contribution in [-0.2, 0) is 0 Å². The van der Waals surface area contributed by atoms with E-state index in [4.69, 9.17) is 9.47 Å². The van der Waals surface area contributed by atoms with Gasteiger partial charge in [-0.15, -0.1) is 0 Å². The Morgan fingerprint density at radius 2 is 1.24 bits per heavy atom. The van der Waals surface area contributed by atoms with Crippen molar-refractivity contribution < 1.29 is 14.4 Å². The number of nitro benzene ring substituents is 1. The first-order valence-electron chi connectivity index (χ1n) is 14.3. The molecule has 0 aliphatic rings. The standard InChI is InChI=1S/C33H43NO4/c1-4-6-7-8-9-10-11-12-23-37-31-20-17-28(18-21-31)27-13-15-29(16-14-27)30-19-22-33(32(24-30)34(35)36)38-25-26(3)5-2/h13-22,24,26H,4-12,23,25H2,1-3H3. The second-order valence-corrected chi connectivity index (χ2v) is 10.2. The maximum absolute atomic E-state index is 11.7. The predicted octanol–water partition coefficient (Wildman–Crippen LogP) is 9.87. The van der Waals surface area contributed by atoms with Gasteiger partial charge in [-0.1, -0.05) is 115 Å². The van der Waals surface area contributed by atoms with Crippen LogP contribution >= 0.6 is 0 Å². The minimum Gasteiger partial charge on any atom is -0.494 e. The third-order valence-corrected chi connectivity index (χ3v) is 7.05. The van der Waals surface area contributed by atoms with Gasteiger partial charge >= 0.3 is 5.69 Å². The van der Waals surface area contributed by atoms with Crippen LogP contribution in [0.1, 0.15) is 78.6 Å². The van der Waals surface area contributed by atoms with Crippen molar-refractivity contribution in [3.8, 4) is 33.8 Å². The average molecular weight is 518 g/mol. The summed E-state index contributed by atoms with van der Waals surface area (Å²) in [6, 6.07) is 21.5. The molecule has 0 N–H and O–H groups in total. The number of nitro groups is 1. The molecule has 0 bridgehead atoms. The molecule has 0 amide bonds. The van der Waals surface area contributed by atoms with Gasteiger partial charge < -0.3 is 9.47 Å². The number of benzene rings is 3. The van der Waals surface area contributed by atoms with Gasteiger partial charge in [-0.05, 0) is 52.8 Å². The van der Waals surface area contributed by atoms with Gasteiger partial charge in [-0.2, -0.15) is 0 Å².